The Morgan fingerprint density at radius 1 is 1.54 bits per heavy atom. The summed E-state index contributed by atoms with van der Waals surface area (Å²) < 4.78 is 4.63. The fraction of sp³-hybridized carbons (Fsp3) is 0.500. The number of ether oxygens (including phenoxy) is 1. The molecule has 5 heteroatoms. The number of aliphatic hydroxyl groups excluding tert-OH is 1. The molecule has 13 heavy (non-hydrogen) atoms. The average molecular weight is 188 g/mol. The molecule has 0 aliphatic carbocycles. The number of hydrogen-bond acceptors (Lipinski definition) is 4. The lowest BCUT2D eigenvalue weighted by Gasteiger charge is -2.10. The van der Waals surface area contributed by atoms with E-state index in [9.17, 15) is 9.59 Å². The van der Waals surface area contributed by atoms with Crippen molar-refractivity contribution in [1.82, 2.24) is 0 Å². The van der Waals surface area contributed by atoms with Gasteiger partial charge in [0.05, 0.1) is 18.6 Å². The third kappa shape index (κ3) is 4.97. The quantitative estimate of drug-likeness (QED) is 0.466. The molecular weight excluding hydrogens is 176 g/mol. The van der Waals surface area contributed by atoms with Gasteiger partial charge in [0.1, 0.15) is 6.10 Å². The Morgan fingerprint density at radius 2 is 2.08 bits per heavy atom. The van der Waals surface area contributed by atoms with Gasteiger partial charge in [-0.2, -0.15) is 0 Å². The molecule has 1 atom stereocenters. The summed E-state index contributed by atoms with van der Waals surface area (Å²) in [7, 11) is 0. The van der Waals surface area contributed by atoms with Crippen LogP contribution in [0.25, 0.3) is 0 Å². The smallest absolute Gasteiger partial charge is 0.336 e. The van der Waals surface area contributed by atoms with E-state index in [2.05, 4.69) is 11.3 Å². The van der Waals surface area contributed by atoms with Crippen LogP contribution in [0.1, 0.15) is 13.3 Å². The van der Waals surface area contributed by atoms with Gasteiger partial charge in [-0.05, 0) is 6.92 Å². The monoisotopic (exact) mass is 188 g/mol. The normalized spacial score (nSPS) is 11.8. The minimum atomic E-state index is -1.05. The zero-order chi connectivity index (χ0) is 10.4. The lowest BCUT2D eigenvalue weighted by Crippen LogP contribution is -2.20. The van der Waals surface area contributed by atoms with Gasteiger partial charge in [-0.25, -0.2) is 4.79 Å². The van der Waals surface area contributed by atoms with Gasteiger partial charge in [-0.3, -0.25) is 4.79 Å². The van der Waals surface area contributed by atoms with Crippen molar-refractivity contribution >= 4 is 11.9 Å². The number of carboxylic acids is 1. The first-order valence-corrected chi connectivity index (χ1v) is 3.68. The van der Waals surface area contributed by atoms with E-state index in [1.54, 1.807) is 0 Å². The highest BCUT2D eigenvalue weighted by Crippen LogP contribution is 2.01. The second-order valence-corrected chi connectivity index (χ2v) is 2.58. The van der Waals surface area contributed by atoms with E-state index in [4.69, 9.17) is 10.2 Å². The number of carboxylic acid groups (broad SMARTS) is 1. The molecule has 0 heterocycles. The highest BCUT2D eigenvalue weighted by Gasteiger charge is 2.14. The molecule has 5 nitrogen and oxygen atoms in total. The first-order chi connectivity index (χ1) is 5.97. The molecule has 0 spiro atoms. The molecule has 74 valence electrons. The van der Waals surface area contributed by atoms with Crippen LogP contribution in [0.15, 0.2) is 12.2 Å². The topological polar surface area (TPSA) is 83.8 Å². The summed E-state index contributed by atoms with van der Waals surface area (Å²) in [5.41, 5.74) is -0.0859. The fourth-order valence-electron chi connectivity index (χ4n) is 0.618. The molecule has 0 saturated heterocycles. The Hall–Kier alpha value is -1.36. The van der Waals surface area contributed by atoms with E-state index < -0.39 is 24.6 Å². The maximum absolute atomic E-state index is 10.9. The molecule has 0 bridgehead atoms. The summed E-state index contributed by atoms with van der Waals surface area (Å²) in [5, 5.41) is 16.8. The number of hydrogen-bond donors (Lipinski definition) is 2. The lowest BCUT2D eigenvalue weighted by molar-refractivity contribution is -0.148. The van der Waals surface area contributed by atoms with Gasteiger partial charge in [-0.15, -0.1) is 0 Å². The summed E-state index contributed by atoms with van der Waals surface area (Å²) in [6, 6.07) is 0. The molecular formula is C8H12O5. The predicted octanol–water partition coefficient (Wildman–Crippen LogP) is -0.0587. The van der Waals surface area contributed by atoms with Crippen LogP contribution in [0.3, 0.4) is 0 Å². The van der Waals surface area contributed by atoms with Crippen molar-refractivity contribution in [3.8, 4) is 0 Å². The van der Waals surface area contributed by atoms with E-state index in [0.717, 1.165) is 0 Å². The van der Waals surface area contributed by atoms with Crippen LogP contribution < -0.4 is 0 Å². The Kier molecular flexibility index (Phi) is 4.76. The van der Waals surface area contributed by atoms with E-state index >= 15 is 0 Å². The SMILES string of the molecule is C=C(CO)C(=O)OC(C)CC(=O)O. The summed E-state index contributed by atoms with van der Waals surface area (Å²) in [5.74, 6) is -1.81. The molecule has 0 aliphatic heterocycles. The van der Waals surface area contributed by atoms with Crippen LogP contribution >= 0.6 is 0 Å². The summed E-state index contributed by atoms with van der Waals surface area (Å²) in [6.45, 7) is 4.20. The number of carbonyl (C=O) groups is 2. The zero-order valence-corrected chi connectivity index (χ0v) is 7.32. The van der Waals surface area contributed by atoms with Crippen LogP contribution in [0.5, 0.6) is 0 Å². The highest BCUT2D eigenvalue weighted by molar-refractivity contribution is 5.88. The van der Waals surface area contributed by atoms with Crippen molar-refractivity contribution in [2.75, 3.05) is 6.61 Å². The molecule has 0 aromatic carbocycles. The van der Waals surface area contributed by atoms with Crippen LogP contribution in [0.4, 0.5) is 0 Å². The van der Waals surface area contributed by atoms with E-state index in [1.807, 2.05) is 0 Å². The molecule has 2 N–H and O–H groups in total. The Balaban J connectivity index is 3.91. The highest BCUT2D eigenvalue weighted by atomic mass is 16.5. The number of esters is 1. The molecule has 0 aromatic heterocycles. The van der Waals surface area contributed by atoms with Gasteiger partial charge in [0.15, 0.2) is 0 Å². The lowest BCUT2D eigenvalue weighted by atomic mass is 10.3. The van der Waals surface area contributed by atoms with Crippen molar-refractivity contribution < 1.29 is 24.5 Å². The fourth-order valence-corrected chi connectivity index (χ4v) is 0.618. The predicted molar refractivity (Wildman–Crippen MR) is 44.0 cm³/mol. The Bertz CT molecular complexity index is 221. The van der Waals surface area contributed by atoms with Gasteiger partial charge in [0.25, 0.3) is 0 Å². The first-order valence-electron chi connectivity index (χ1n) is 3.68. The molecule has 1 unspecified atom stereocenters. The maximum Gasteiger partial charge on any atom is 0.336 e. The largest absolute Gasteiger partial charge is 0.481 e. The van der Waals surface area contributed by atoms with Crippen molar-refractivity contribution in [2.45, 2.75) is 19.4 Å². The molecule has 0 fully saturated rings. The van der Waals surface area contributed by atoms with Crippen LogP contribution in [0, 0.1) is 0 Å². The molecule has 0 saturated carbocycles. The van der Waals surface area contributed by atoms with Gasteiger partial charge in [0.2, 0.25) is 0 Å². The standard InChI is InChI=1S/C8H12O5/c1-5(4-9)8(12)13-6(2)3-7(10)11/h6,9H,1,3-4H2,2H3,(H,10,11). The van der Waals surface area contributed by atoms with Crippen LogP contribution in [0.2, 0.25) is 0 Å². The van der Waals surface area contributed by atoms with Crippen molar-refractivity contribution in [3.63, 3.8) is 0 Å². The average Bonchev–Trinajstić information content (AvgIpc) is 2.01. The summed E-state index contributed by atoms with van der Waals surface area (Å²) >= 11 is 0. The summed E-state index contributed by atoms with van der Waals surface area (Å²) in [4.78, 5) is 21.1. The van der Waals surface area contributed by atoms with Gasteiger partial charge in [-0.1, -0.05) is 6.58 Å². The van der Waals surface area contributed by atoms with E-state index in [-0.39, 0.29) is 12.0 Å². The zero-order valence-electron chi connectivity index (χ0n) is 7.32. The molecule has 0 rings (SSSR count). The Labute approximate surface area is 75.6 Å². The second-order valence-electron chi connectivity index (χ2n) is 2.58. The van der Waals surface area contributed by atoms with E-state index in [0.29, 0.717) is 0 Å². The molecule has 0 aliphatic rings. The van der Waals surface area contributed by atoms with Crippen molar-refractivity contribution in [1.29, 1.82) is 0 Å². The molecule has 0 amide bonds. The van der Waals surface area contributed by atoms with Crippen LogP contribution in [-0.2, 0) is 14.3 Å². The first kappa shape index (κ1) is 11.6. The molecule has 0 radical (unpaired) electrons. The number of rotatable bonds is 5. The van der Waals surface area contributed by atoms with Crippen LogP contribution in [-0.4, -0.2) is 34.9 Å². The van der Waals surface area contributed by atoms with Gasteiger partial charge in [0, 0.05) is 0 Å². The minimum Gasteiger partial charge on any atom is -0.481 e. The second kappa shape index (κ2) is 5.31. The third-order valence-corrected chi connectivity index (χ3v) is 1.25. The van der Waals surface area contributed by atoms with E-state index in [1.165, 1.54) is 6.92 Å². The molecule has 0 aromatic rings. The number of aliphatic hydroxyl groups is 1. The number of aliphatic carboxylic acids is 1. The van der Waals surface area contributed by atoms with Crippen molar-refractivity contribution in [3.05, 3.63) is 12.2 Å². The van der Waals surface area contributed by atoms with Gasteiger partial charge >= 0.3 is 11.9 Å². The third-order valence-electron chi connectivity index (χ3n) is 1.25. The van der Waals surface area contributed by atoms with Gasteiger partial charge < -0.3 is 14.9 Å². The van der Waals surface area contributed by atoms with Crippen molar-refractivity contribution in [2.24, 2.45) is 0 Å². The maximum atomic E-state index is 10.9. The minimum absolute atomic E-state index is 0.0859. The number of carbonyl (C=O) groups excluding carboxylic acids is 1. The Morgan fingerprint density at radius 3 is 2.46 bits per heavy atom. The summed E-state index contributed by atoms with van der Waals surface area (Å²) in [6.07, 6.45) is -0.974.